The molecule has 0 saturated heterocycles. The minimum absolute atomic E-state index is 0. The summed E-state index contributed by atoms with van der Waals surface area (Å²) in [6.07, 6.45) is -2.82. The number of ether oxygens (including phenoxy) is 1. The van der Waals surface area contributed by atoms with Crippen LogP contribution >= 0.6 is 24.0 Å². The molecule has 2 aromatic rings. The van der Waals surface area contributed by atoms with Crippen molar-refractivity contribution in [2.75, 3.05) is 13.7 Å². The maximum Gasteiger partial charge on any atom is 0.416 e. The van der Waals surface area contributed by atoms with E-state index in [-0.39, 0.29) is 53.8 Å². The molecule has 0 fully saturated rings. The van der Waals surface area contributed by atoms with Gasteiger partial charge in [0.05, 0.1) is 32.0 Å². The highest BCUT2D eigenvalue weighted by atomic mass is 127. The number of aliphatic imine (C=N–C) groups is 1. The lowest BCUT2D eigenvalue weighted by molar-refractivity contribution is -0.138. The predicted molar refractivity (Wildman–Crippen MR) is 120 cm³/mol. The molecule has 0 aliphatic carbocycles. The van der Waals surface area contributed by atoms with Crippen molar-refractivity contribution in [3.63, 3.8) is 0 Å². The predicted octanol–water partition coefficient (Wildman–Crippen LogP) is 4.87. The van der Waals surface area contributed by atoms with E-state index in [1.807, 2.05) is 27.7 Å². The second-order valence-corrected chi connectivity index (χ2v) is 7.44. The summed E-state index contributed by atoms with van der Waals surface area (Å²) in [5.41, 5.74) is -0.868. The molecule has 0 radical (unpaired) electrons. The second-order valence-electron chi connectivity index (χ2n) is 7.44. The molecule has 30 heavy (non-hydrogen) atoms. The monoisotopic (exact) mass is 540 g/mol. The maximum atomic E-state index is 13.3. The van der Waals surface area contributed by atoms with E-state index in [9.17, 15) is 13.2 Å². The Bertz CT molecular complexity index is 845. The van der Waals surface area contributed by atoms with Crippen LogP contribution in [0.1, 0.15) is 50.5 Å². The Labute approximate surface area is 191 Å². The van der Waals surface area contributed by atoms with Gasteiger partial charge in [-0.3, -0.25) is 0 Å². The molecule has 2 rings (SSSR count). The standard InChI is InChI=1S/C20H27F3N4O2.HI/c1-6-24-18(27-12-17-25-11-16(29-17)19(2,3)4)26-10-13-7-8-14(28-5)9-15(13)20(21,22)23;/h7-9,11H,6,10,12H2,1-5H3,(H2,24,26,27);1H. The number of halogens is 4. The highest BCUT2D eigenvalue weighted by Crippen LogP contribution is 2.34. The lowest BCUT2D eigenvalue weighted by Gasteiger charge is -2.15. The van der Waals surface area contributed by atoms with Gasteiger partial charge in [-0.15, -0.1) is 24.0 Å². The maximum absolute atomic E-state index is 13.3. The number of hydrogen-bond donors (Lipinski definition) is 2. The van der Waals surface area contributed by atoms with E-state index in [1.54, 1.807) is 6.20 Å². The SMILES string of the molecule is CCNC(=NCc1ccc(OC)cc1C(F)(F)F)NCc1ncc(C(C)(C)C)o1.I. The van der Waals surface area contributed by atoms with Gasteiger partial charge in [-0.2, -0.15) is 13.2 Å². The highest BCUT2D eigenvalue weighted by Gasteiger charge is 2.33. The summed E-state index contributed by atoms with van der Waals surface area (Å²) in [5, 5.41) is 6.03. The fraction of sp³-hybridized carbons (Fsp3) is 0.500. The lowest BCUT2D eigenvalue weighted by atomic mass is 9.94. The number of oxazole rings is 1. The van der Waals surface area contributed by atoms with E-state index in [0.717, 1.165) is 11.8 Å². The molecule has 0 spiro atoms. The molecule has 0 atom stereocenters. The van der Waals surface area contributed by atoms with Crippen LogP contribution in [0.3, 0.4) is 0 Å². The van der Waals surface area contributed by atoms with E-state index < -0.39 is 11.7 Å². The zero-order chi connectivity index (χ0) is 21.7. The average molecular weight is 540 g/mol. The Balaban J connectivity index is 0.00000450. The van der Waals surface area contributed by atoms with Crippen molar-refractivity contribution in [1.29, 1.82) is 0 Å². The molecule has 6 nitrogen and oxygen atoms in total. The molecule has 0 saturated carbocycles. The van der Waals surface area contributed by atoms with Gasteiger partial charge >= 0.3 is 6.18 Å². The van der Waals surface area contributed by atoms with Crippen LogP contribution < -0.4 is 15.4 Å². The molecule has 0 amide bonds. The summed E-state index contributed by atoms with van der Waals surface area (Å²) < 4.78 is 50.7. The summed E-state index contributed by atoms with van der Waals surface area (Å²) in [6.45, 7) is 8.59. The van der Waals surface area contributed by atoms with E-state index >= 15 is 0 Å². The zero-order valence-corrected chi connectivity index (χ0v) is 20.0. The van der Waals surface area contributed by atoms with Crippen molar-refractivity contribution >= 4 is 29.9 Å². The Kier molecular flexibility index (Phi) is 9.44. The quantitative estimate of drug-likeness (QED) is 0.311. The number of methoxy groups -OCH3 is 1. The number of rotatable bonds is 6. The molecule has 1 aromatic carbocycles. The lowest BCUT2D eigenvalue weighted by Crippen LogP contribution is -2.36. The third kappa shape index (κ3) is 7.37. The number of hydrogen-bond acceptors (Lipinski definition) is 4. The minimum Gasteiger partial charge on any atom is -0.497 e. The summed E-state index contributed by atoms with van der Waals surface area (Å²) in [5.74, 6) is 1.74. The molecule has 10 heteroatoms. The summed E-state index contributed by atoms with van der Waals surface area (Å²) >= 11 is 0. The van der Waals surface area contributed by atoms with Gasteiger partial charge in [0.2, 0.25) is 5.89 Å². The third-order valence-corrected chi connectivity index (χ3v) is 4.07. The van der Waals surface area contributed by atoms with Crippen LogP contribution in [0.4, 0.5) is 13.2 Å². The average Bonchev–Trinajstić information content (AvgIpc) is 3.12. The van der Waals surface area contributed by atoms with Crippen molar-refractivity contribution in [3.8, 4) is 5.75 Å². The number of nitrogens with one attached hydrogen (secondary N) is 2. The van der Waals surface area contributed by atoms with Crippen molar-refractivity contribution in [1.82, 2.24) is 15.6 Å². The van der Waals surface area contributed by atoms with Gasteiger partial charge in [-0.25, -0.2) is 9.98 Å². The first-order chi connectivity index (χ1) is 13.5. The van der Waals surface area contributed by atoms with Gasteiger partial charge in [0.15, 0.2) is 5.96 Å². The number of benzene rings is 1. The van der Waals surface area contributed by atoms with Gasteiger partial charge in [0.1, 0.15) is 11.5 Å². The Morgan fingerprint density at radius 3 is 2.43 bits per heavy atom. The van der Waals surface area contributed by atoms with Crippen molar-refractivity contribution < 1.29 is 22.3 Å². The first-order valence-corrected chi connectivity index (χ1v) is 9.26. The smallest absolute Gasteiger partial charge is 0.416 e. The topological polar surface area (TPSA) is 71.7 Å². The molecule has 1 aromatic heterocycles. The van der Waals surface area contributed by atoms with Gasteiger partial charge in [0.25, 0.3) is 0 Å². The second kappa shape index (κ2) is 10.9. The fourth-order valence-corrected chi connectivity index (χ4v) is 2.49. The number of nitrogens with zero attached hydrogens (tertiary/aromatic N) is 2. The fourth-order valence-electron chi connectivity index (χ4n) is 2.49. The van der Waals surface area contributed by atoms with Crippen LogP contribution in [0.25, 0.3) is 0 Å². The van der Waals surface area contributed by atoms with Crippen molar-refractivity contribution in [3.05, 3.63) is 47.2 Å². The molecule has 1 heterocycles. The Morgan fingerprint density at radius 2 is 1.90 bits per heavy atom. The Morgan fingerprint density at radius 1 is 1.20 bits per heavy atom. The van der Waals surface area contributed by atoms with Crippen LogP contribution in [0.5, 0.6) is 5.75 Å². The third-order valence-electron chi connectivity index (χ3n) is 4.07. The number of alkyl halides is 3. The van der Waals surface area contributed by atoms with Crippen LogP contribution in [0.15, 0.2) is 33.8 Å². The van der Waals surface area contributed by atoms with Crippen molar-refractivity contribution in [2.45, 2.75) is 52.4 Å². The summed E-state index contributed by atoms with van der Waals surface area (Å²) in [7, 11) is 1.33. The first-order valence-electron chi connectivity index (χ1n) is 9.26. The minimum atomic E-state index is -4.49. The zero-order valence-electron chi connectivity index (χ0n) is 17.7. The molecular weight excluding hydrogens is 512 g/mol. The van der Waals surface area contributed by atoms with E-state index in [0.29, 0.717) is 18.4 Å². The molecule has 168 valence electrons. The first kappa shape index (κ1) is 26.1. The van der Waals surface area contributed by atoms with Gasteiger partial charge in [-0.05, 0) is 24.6 Å². The summed E-state index contributed by atoms with van der Waals surface area (Å²) in [4.78, 5) is 8.49. The largest absolute Gasteiger partial charge is 0.497 e. The number of aromatic nitrogens is 1. The van der Waals surface area contributed by atoms with E-state index in [4.69, 9.17) is 9.15 Å². The molecule has 0 bridgehead atoms. The van der Waals surface area contributed by atoms with Crippen LogP contribution in [-0.4, -0.2) is 24.6 Å². The van der Waals surface area contributed by atoms with Crippen LogP contribution in [0.2, 0.25) is 0 Å². The van der Waals surface area contributed by atoms with Gasteiger partial charge in [-0.1, -0.05) is 26.8 Å². The van der Waals surface area contributed by atoms with Gasteiger partial charge < -0.3 is 19.8 Å². The molecular formula is C20H28F3IN4O2. The van der Waals surface area contributed by atoms with E-state index in [1.165, 1.54) is 19.2 Å². The summed E-state index contributed by atoms with van der Waals surface area (Å²) in [6, 6.07) is 3.84. The molecule has 0 unspecified atom stereocenters. The van der Waals surface area contributed by atoms with Crippen LogP contribution in [-0.2, 0) is 24.7 Å². The Hall–Kier alpha value is -1.98. The molecule has 0 aliphatic heterocycles. The van der Waals surface area contributed by atoms with Crippen molar-refractivity contribution in [2.24, 2.45) is 4.99 Å². The number of guanidine groups is 1. The van der Waals surface area contributed by atoms with Crippen LogP contribution in [0, 0.1) is 0 Å². The molecule has 0 aliphatic rings. The highest BCUT2D eigenvalue weighted by molar-refractivity contribution is 14.0. The van der Waals surface area contributed by atoms with E-state index in [2.05, 4.69) is 20.6 Å². The van der Waals surface area contributed by atoms with Gasteiger partial charge in [0, 0.05) is 12.0 Å². The molecule has 2 N–H and O–H groups in total. The normalized spacial score (nSPS) is 12.3.